The molecule has 3 aromatic carbocycles. The minimum Gasteiger partial charge on any atom is -0.305 e. The molecule has 5 rings (SSSR count). The predicted molar refractivity (Wildman–Crippen MR) is 110 cm³/mol. The molecule has 0 saturated heterocycles. The van der Waals surface area contributed by atoms with Gasteiger partial charge in [0.1, 0.15) is 0 Å². The van der Waals surface area contributed by atoms with Gasteiger partial charge in [-0.25, -0.2) is 9.69 Å². The van der Waals surface area contributed by atoms with Gasteiger partial charge in [-0.3, -0.25) is 24.3 Å². The maximum atomic E-state index is 13.3. The first-order chi connectivity index (χ1) is 14.3. The number of hydrogen-bond acceptors (Lipinski definition) is 5. The number of fused-ring (bicyclic) bond motifs is 1. The number of nitrogens with one attached hydrogen (secondary N) is 1. The number of carbonyl (C=O) groups is 2. The highest BCUT2D eigenvalue weighted by Gasteiger charge is 2.36. The molecule has 1 N–H and O–H groups in total. The second-order valence-corrected chi connectivity index (χ2v) is 7.32. The Morgan fingerprint density at radius 1 is 1.03 bits per heavy atom. The zero-order valence-electron chi connectivity index (χ0n) is 15.3. The van der Waals surface area contributed by atoms with Crippen LogP contribution < -0.4 is 10.6 Å². The molecule has 0 radical (unpaired) electrons. The molecule has 30 heavy (non-hydrogen) atoms. The van der Waals surface area contributed by atoms with E-state index >= 15 is 0 Å². The molecule has 2 heterocycles. The number of nitro benzene ring substituents is 1. The normalized spacial score (nSPS) is 13.5. The number of aryl methyl sites for hydroxylation is 1. The molecular formula is C20H11ClN4O5. The van der Waals surface area contributed by atoms with Crippen molar-refractivity contribution in [2.75, 3.05) is 4.90 Å². The maximum Gasteiger partial charge on any atom is 0.326 e. The number of nitrogens with zero attached hydrogens (tertiary/aromatic N) is 3. The summed E-state index contributed by atoms with van der Waals surface area (Å²) in [7, 11) is 1.54. The summed E-state index contributed by atoms with van der Waals surface area (Å²) in [5.41, 5.74) is 0.619. The van der Waals surface area contributed by atoms with E-state index in [2.05, 4.69) is 4.98 Å². The maximum absolute atomic E-state index is 13.3. The molecule has 0 spiro atoms. The number of hydrogen-bond donors (Lipinski definition) is 1. The number of imidazole rings is 1. The van der Waals surface area contributed by atoms with E-state index < -0.39 is 16.7 Å². The van der Waals surface area contributed by atoms with E-state index in [0.29, 0.717) is 21.8 Å². The molecule has 0 atom stereocenters. The van der Waals surface area contributed by atoms with Crippen molar-refractivity contribution in [3.05, 3.63) is 79.2 Å². The second kappa shape index (κ2) is 6.01. The number of aromatic amines is 1. The van der Waals surface area contributed by atoms with Crippen molar-refractivity contribution >= 4 is 56.6 Å². The van der Waals surface area contributed by atoms with E-state index in [1.165, 1.54) is 29.8 Å². The van der Waals surface area contributed by atoms with E-state index in [-0.39, 0.29) is 33.2 Å². The van der Waals surface area contributed by atoms with Gasteiger partial charge < -0.3 is 4.98 Å². The number of nitro groups is 1. The highest BCUT2D eigenvalue weighted by Crippen LogP contribution is 2.38. The SMILES string of the molecule is Cn1c(=O)[nH]c2cc(Cl)c(N3C(=O)c4cccc5cc([N+](=O)[O-])cc(c45)C3=O)cc21. The van der Waals surface area contributed by atoms with Gasteiger partial charge in [0, 0.05) is 30.1 Å². The van der Waals surface area contributed by atoms with Gasteiger partial charge in [-0.15, -0.1) is 0 Å². The Kier molecular flexibility index (Phi) is 3.62. The number of amides is 2. The summed E-state index contributed by atoms with van der Waals surface area (Å²) in [5.74, 6) is -1.33. The number of benzene rings is 3. The largest absolute Gasteiger partial charge is 0.326 e. The number of carbonyl (C=O) groups excluding carboxylic acids is 2. The van der Waals surface area contributed by atoms with E-state index in [9.17, 15) is 24.5 Å². The monoisotopic (exact) mass is 422 g/mol. The van der Waals surface area contributed by atoms with Gasteiger partial charge in [0.25, 0.3) is 17.5 Å². The summed E-state index contributed by atoms with van der Waals surface area (Å²) in [6.45, 7) is 0. The number of halogens is 1. The molecular weight excluding hydrogens is 412 g/mol. The smallest absolute Gasteiger partial charge is 0.305 e. The van der Waals surface area contributed by atoms with Crippen molar-refractivity contribution in [2.24, 2.45) is 7.05 Å². The average molecular weight is 423 g/mol. The molecule has 9 nitrogen and oxygen atoms in total. The predicted octanol–water partition coefficient (Wildman–Crippen LogP) is 3.38. The molecule has 148 valence electrons. The molecule has 0 unspecified atom stereocenters. The molecule has 4 aromatic rings. The first-order valence-corrected chi connectivity index (χ1v) is 9.14. The molecule has 2 amide bonds. The van der Waals surface area contributed by atoms with E-state index in [0.717, 1.165) is 11.0 Å². The third kappa shape index (κ3) is 2.32. The lowest BCUT2D eigenvalue weighted by molar-refractivity contribution is -0.384. The van der Waals surface area contributed by atoms with E-state index in [1.54, 1.807) is 18.2 Å². The van der Waals surface area contributed by atoms with Crippen LogP contribution >= 0.6 is 11.6 Å². The van der Waals surface area contributed by atoms with Crippen LogP contribution in [0.15, 0.2) is 47.3 Å². The Morgan fingerprint density at radius 3 is 2.50 bits per heavy atom. The standard InChI is InChI=1S/C20H11ClN4O5/c1-23-16-8-15(13(21)7-14(16)22-20(23)28)24-18(26)11-4-2-3-9-5-10(25(29)30)6-12(17(9)11)19(24)27/h2-8H,1H3,(H,22,28). The summed E-state index contributed by atoms with van der Waals surface area (Å²) in [4.78, 5) is 52.7. The van der Waals surface area contributed by atoms with Crippen molar-refractivity contribution < 1.29 is 14.5 Å². The van der Waals surface area contributed by atoms with Crippen LogP contribution in [0.5, 0.6) is 0 Å². The molecule has 10 heteroatoms. The first-order valence-electron chi connectivity index (χ1n) is 8.76. The van der Waals surface area contributed by atoms with Crippen LogP contribution in [-0.2, 0) is 7.05 Å². The highest BCUT2D eigenvalue weighted by molar-refractivity contribution is 6.40. The topological polar surface area (TPSA) is 118 Å². The van der Waals surface area contributed by atoms with Crippen molar-refractivity contribution in [3.8, 4) is 0 Å². The van der Waals surface area contributed by atoms with Gasteiger partial charge in [-0.05, 0) is 23.6 Å². The molecule has 0 aliphatic carbocycles. The van der Waals surface area contributed by atoms with Crippen LogP contribution in [0.4, 0.5) is 11.4 Å². The fraction of sp³-hybridized carbons (Fsp3) is 0.0500. The molecule has 0 fully saturated rings. The average Bonchev–Trinajstić information content (AvgIpc) is 2.98. The number of anilines is 1. The number of rotatable bonds is 2. The number of H-pyrrole nitrogens is 1. The van der Waals surface area contributed by atoms with Gasteiger partial charge >= 0.3 is 5.69 Å². The third-order valence-electron chi connectivity index (χ3n) is 5.25. The van der Waals surface area contributed by atoms with Crippen LogP contribution in [0.2, 0.25) is 5.02 Å². The molecule has 1 aliphatic heterocycles. The van der Waals surface area contributed by atoms with Crippen LogP contribution in [0.25, 0.3) is 21.8 Å². The highest BCUT2D eigenvalue weighted by atomic mass is 35.5. The molecule has 0 bridgehead atoms. The summed E-state index contributed by atoms with van der Waals surface area (Å²) in [6.07, 6.45) is 0. The summed E-state index contributed by atoms with van der Waals surface area (Å²) >= 11 is 6.35. The van der Waals surface area contributed by atoms with Crippen molar-refractivity contribution in [1.29, 1.82) is 0 Å². The van der Waals surface area contributed by atoms with Gasteiger partial charge in [0.15, 0.2) is 0 Å². The minimum absolute atomic E-state index is 0.0357. The molecule has 0 saturated carbocycles. The minimum atomic E-state index is -0.728. The lowest BCUT2D eigenvalue weighted by Crippen LogP contribution is -2.40. The first kappa shape index (κ1) is 18.1. The number of aromatic nitrogens is 2. The number of non-ortho nitro benzene ring substituents is 1. The molecule has 1 aromatic heterocycles. The fourth-order valence-electron chi connectivity index (χ4n) is 3.82. The summed E-state index contributed by atoms with van der Waals surface area (Å²) in [6, 6.07) is 10.2. The molecule has 1 aliphatic rings. The lowest BCUT2D eigenvalue weighted by Gasteiger charge is -2.27. The van der Waals surface area contributed by atoms with Crippen LogP contribution in [0.3, 0.4) is 0 Å². The van der Waals surface area contributed by atoms with E-state index in [4.69, 9.17) is 11.6 Å². The van der Waals surface area contributed by atoms with Crippen molar-refractivity contribution in [2.45, 2.75) is 0 Å². The zero-order chi connectivity index (χ0) is 21.3. The Balaban J connectivity index is 1.80. The van der Waals surface area contributed by atoms with Crippen molar-refractivity contribution in [1.82, 2.24) is 9.55 Å². The van der Waals surface area contributed by atoms with Crippen LogP contribution in [-0.4, -0.2) is 26.3 Å². The Hall–Kier alpha value is -3.98. The van der Waals surface area contributed by atoms with Crippen molar-refractivity contribution in [3.63, 3.8) is 0 Å². The van der Waals surface area contributed by atoms with E-state index in [1.807, 2.05) is 0 Å². The quantitative estimate of drug-likeness (QED) is 0.302. The summed E-state index contributed by atoms with van der Waals surface area (Å²) < 4.78 is 1.33. The summed E-state index contributed by atoms with van der Waals surface area (Å²) in [5, 5.41) is 12.2. The van der Waals surface area contributed by atoms with Gasteiger partial charge in [-0.2, -0.15) is 0 Å². The van der Waals surface area contributed by atoms with Gasteiger partial charge in [-0.1, -0.05) is 23.7 Å². The third-order valence-corrected chi connectivity index (χ3v) is 5.56. The second-order valence-electron chi connectivity index (χ2n) is 6.91. The fourth-order valence-corrected chi connectivity index (χ4v) is 4.07. The lowest BCUT2D eigenvalue weighted by atomic mass is 9.93. The Morgan fingerprint density at radius 2 is 1.77 bits per heavy atom. The van der Waals surface area contributed by atoms with Gasteiger partial charge in [0.05, 0.1) is 32.2 Å². The Labute approximate surface area is 172 Å². The van der Waals surface area contributed by atoms with Crippen LogP contribution in [0.1, 0.15) is 20.7 Å². The number of imide groups is 1. The van der Waals surface area contributed by atoms with Crippen LogP contribution in [0, 0.1) is 10.1 Å². The van der Waals surface area contributed by atoms with Gasteiger partial charge in [0.2, 0.25) is 0 Å². The zero-order valence-corrected chi connectivity index (χ0v) is 16.1. The Bertz CT molecular complexity index is 1520.